The fraction of sp³-hybridized carbons (Fsp3) is 0.154. The van der Waals surface area contributed by atoms with Crippen LogP contribution in [0.1, 0.15) is 5.56 Å². The van der Waals surface area contributed by atoms with Crippen molar-refractivity contribution in [1.29, 1.82) is 0 Å². The normalized spacial score (nSPS) is 11.0. The lowest BCUT2D eigenvalue weighted by molar-refractivity contribution is 0.420. The van der Waals surface area contributed by atoms with Crippen molar-refractivity contribution in [2.24, 2.45) is 0 Å². The van der Waals surface area contributed by atoms with Crippen LogP contribution >= 0.6 is 11.3 Å². The highest BCUT2D eigenvalue weighted by Crippen LogP contribution is 2.40. The van der Waals surface area contributed by atoms with Crippen LogP contribution in [-0.2, 0) is 0 Å². The van der Waals surface area contributed by atoms with Crippen molar-refractivity contribution in [1.82, 2.24) is 10.2 Å². The fourth-order valence-electron chi connectivity index (χ4n) is 2.03. The lowest BCUT2D eigenvalue weighted by Crippen LogP contribution is -1.83. The first-order valence-electron chi connectivity index (χ1n) is 5.56. The number of hydrogen-bond acceptors (Lipinski definition) is 4. The lowest BCUT2D eigenvalue weighted by atomic mass is 10.1. The van der Waals surface area contributed by atoms with E-state index in [2.05, 4.69) is 29.3 Å². The van der Waals surface area contributed by atoms with E-state index in [1.807, 2.05) is 6.07 Å². The predicted molar refractivity (Wildman–Crippen MR) is 75.1 cm³/mol. The van der Waals surface area contributed by atoms with Crippen LogP contribution in [0.15, 0.2) is 24.4 Å². The second-order valence-electron chi connectivity index (χ2n) is 4.20. The molecule has 0 fully saturated rings. The molecule has 0 bridgehead atoms. The molecule has 5 heteroatoms. The first-order chi connectivity index (χ1) is 8.69. The molecule has 0 saturated heterocycles. The Balaban J connectivity index is 2.25. The summed E-state index contributed by atoms with van der Waals surface area (Å²) in [6, 6.07) is 6.29. The summed E-state index contributed by atoms with van der Waals surface area (Å²) in [7, 11) is 1.69. The van der Waals surface area contributed by atoms with Gasteiger partial charge in [-0.25, -0.2) is 0 Å². The average Bonchev–Trinajstić information content (AvgIpc) is 2.93. The van der Waals surface area contributed by atoms with Crippen LogP contribution in [0.2, 0.25) is 0 Å². The maximum Gasteiger partial charge on any atom is 0.136 e. The van der Waals surface area contributed by atoms with Gasteiger partial charge < -0.3 is 10.5 Å². The van der Waals surface area contributed by atoms with Gasteiger partial charge in [0.05, 0.1) is 34.3 Å². The van der Waals surface area contributed by atoms with Crippen molar-refractivity contribution in [2.75, 3.05) is 12.8 Å². The van der Waals surface area contributed by atoms with E-state index in [1.54, 1.807) is 24.6 Å². The highest BCUT2D eigenvalue weighted by molar-refractivity contribution is 7.22. The number of aryl methyl sites for hydroxylation is 1. The summed E-state index contributed by atoms with van der Waals surface area (Å²) in [5.41, 5.74) is 8.59. The third kappa shape index (κ3) is 1.64. The van der Waals surface area contributed by atoms with E-state index >= 15 is 0 Å². The summed E-state index contributed by atoms with van der Waals surface area (Å²) in [6.07, 6.45) is 1.63. The summed E-state index contributed by atoms with van der Waals surface area (Å²) in [4.78, 5) is 1.07. The van der Waals surface area contributed by atoms with Gasteiger partial charge in [0.2, 0.25) is 0 Å². The number of H-pyrrole nitrogens is 1. The molecule has 92 valence electrons. The van der Waals surface area contributed by atoms with Crippen molar-refractivity contribution in [2.45, 2.75) is 6.92 Å². The maximum absolute atomic E-state index is 5.88. The van der Waals surface area contributed by atoms with Crippen molar-refractivity contribution in [3.8, 4) is 16.3 Å². The number of methoxy groups -OCH3 is 1. The zero-order valence-electron chi connectivity index (χ0n) is 10.2. The molecule has 0 unspecified atom stereocenters. The van der Waals surface area contributed by atoms with Crippen LogP contribution in [0.3, 0.4) is 0 Å². The molecule has 0 aliphatic rings. The van der Waals surface area contributed by atoms with Gasteiger partial charge in [-0.2, -0.15) is 5.10 Å². The number of nitrogens with two attached hydrogens (primary N) is 1. The third-order valence-electron chi connectivity index (χ3n) is 2.86. The molecule has 0 atom stereocenters. The number of hydrogen-bond donors (Lipinski definition) is 2. The topological polar surface area (TPSA) is 63.9 Å². The second kappa shape index (κ2) is 4.03. The molecule has 3 aromatic rings. The van der Waals surface area contributed by atoms with Gasteiger partial charge >= 0.3 is 0 Å². The highest BCUT2D eigenvalue weighted by Gasteiger charge is 2.12. The molecule has 3 rings (SSSR count). The number of rotatable bonds is 2. The molecule has 1 aromatic carbocycles. The number of nitrogens with zero attached hydrogens (tertiary/aromatic N) is 1. The van der Waals surface area contributed by atoms with Crippen molar-refractivity contribution in [3.05, 3.63) is 30.0 Å². The number of benzene rings is 1. The Bertz CT molecular complexity index is 714. The highest BCUT2D eigenvalue weighted by atomic mass is 32.1. The molecule has 18 heavy (non-hydrogen) atoms. The van der Waals surface area contributed by atoms with E-state index in [4.69, 9.17) is 10.5 Å². The van der Waals surface area contributed by atoms with E-state index < -0.39 is 0 Å². The summed E-state index contributed by atoms with van der Waals surface area (Å²) >= 11 is 1.65. The minimum absolute atomic E-state index is 0.664. The Morgan fingerprint density at radius 3 is 2.83 bits per heavy atom. The largest absolute Gasteiger partial charge is 0.495 e. The zero-order chi connectivity index (χ0) is 12.7. The number of nitrogens with one attached hydrogen (secondary N) is 1. The van der Waals surface area contributed by atoms with Gasteiger partial charge in [0.25, 0.3) is 0 Å². The Kier molecular flexibility index (Phi) is 2.48. The molecular formula is C13H13N3OS. The standard InChI is InChI=1S/C13H13N3OS/c1-7-3-8-5-11(12-9(14)6-15-16-12)18-13(8)10(4-7)17-2/h3-6H,14H2,1-2H3,(H,15,16). The van der Waals surface area contributed by atoms with Crippen LogP contribution < -0.4 is 10.5 Å². The van der Waals surface area contributed by atoms with Gasteiger partial charge in [0, 0.05) is 0 Å². The quantitative estimate of drug-likeness (QED) is 0.743. The van der Waals surface area contributed by atoms with Crippen LogP contribution in [0.25, 0.3) is 20.7 Å². The fourth-order valence-corrected chi connectivity index (χ4v) is 3.18. The number of fused-ring (bicyclic) bond motifs is 1. The lowest BCUT2D eigenvalue weighted by Gasteiger charge is -2.02. The molecular weight excluding hydrogens is 246 g/mol. The van der Waals surface area contributed by atoms with Crippen LogP contribution in [0, 0.1) is 6.92 Å². The Morgan fingerprint density at radius 1 is 1.33 bits per heavy atom. The predicted octanol–water partition coefficient (Wildman–Crippen LogP) is 3.19. The van der Waals surface area contributed by atoms with E-state index in [9.17, 15) is 0 Å². The Hall–Kier alpha value is -2.01. The number of nitrogen functional groups attached to an aromatic ring is 1. The zero-order valence-corrected chi connectivity index (χ0v) is 11.0. The van der Waals surface area contributed by atoms with Crippen LogP contribution in [0.4, 0.5) is 5.69 Å². The third-order valence-corrected chi connectivity index (χ3v) is 4.04. The molecule has 0 aliphatic heterocycles. The monoisotopic (exact) mass is 259 g/mol. The molecule has 0 saturated carbocycles. The maximum atomic E-state index is 5.88. The minimum atomic E-state index is 0.664. The number of anilines is 1. The van der Waals surface area contributed by atoms with Gasteiger partial charge in [0.15, 0.2) is 0 Å². The van der Waals surface area contributed by atoms with Gasteiger partial charge in [-0.3, -0.25) is 5.10 Å². The SMILES string of the molecule is COc1cc(C)cc2cc(-c3[nH]ncc3N)sc12. The van der Waals surface area contributed by atoms with Gasteiger partial charge in [-0.1, -0.05) is 6.07 Å². The number of aromatic nitrogens is 2. The van der Waals surface area contributed by atoms with E-state index in [0.29, 0.717) is 5.69 Å². The Morgan fingerprint density at radius 2 is 2.17 bits per heavy atom. The Labute approximate surface area is 108 Å². The number of thiophene rings is 1. The molecule has 0 radical (unpaired) electrons. The molecule has 3 N–H and O–H groups in total. The second-order valence-corrected chi connectivity index (χ2v) is 5.25. The van der Waals surface area contributed by atoms with Crippen molar-refractivity contribution in [3.63, 3.8) is 0 Å². The first kappa shape index (κ1) is 11.1. The van der Waals surface area contributed by atoms with Crippen LogP contribution in [0.5, 0.6) is 5.75 Å². The minimum Gasteiger partial charge on any atom is -0.495 e. The molecule has 2 heterocycles. The number of ether oxygens (including phenoxy) is 1. The first-order valence-corrected chi connectivity index (χ1v) is 6.38. The molecule has 2 aromatic heterocycles. The molecule has 0 amide bonds. The van der Waals surface area contributed by atoms with Gasteiger partial charge in [0.1, 0.15) is 5.75 Å². The van der Waals surface area contributed by atoms with E-state index in [-0.39, 0.29) is 0 Å². The van der Waals surface area contributed by atoms with Gasteiger partial charge in [-0.15, -0.1) is 11.3 Å². The molecule has 4 nitrogen and oxygen atoms in total. The van der Waals surface area contributed by atoms with Gasteiger partial charge in [-0.05, 0) is 30.0 Å². The van der Waals surface area contributed by atoms with Crippen molar-refractivity contribution >= 4 is 27.1 Å². The summed E-state index contributed by atoms with van der Waals surface area (Å²) < 4.78 is 6.55. The van der Waals surface area contributed by atoms with Crippen molar-refractivity contribution < 1.29 is 4.74 Å². The van der Waals surface area contributed by atoms with E-state index in [0.717, 1.165) is 21.0 Å². The van der Waals surface area contributed by atoms with E-state index in [1.165, 1.54) is 10.9 Å². The summed E-state index contributed by atoms with van der Waals surface area (Å²) in [5.74, 6) is 0.902. The van der Waals surface area contributed by atoms with Crippen LogP contribution in [-0.4, -0.2) is 17.3 Å². The number of aromatic amines is 1. The molecule has 0 spiro atoms. The molecule has 0 aliphatic carbocycles. The summed E-state index contributed by atoms with van der Waals surface area (Å²) in [5, 5.41) is 8.05. The smallest absolute Gasteiger partial charge is 0.136 e. The summed E-state index contributed by atoms with van der Waals surface area (Å²) in [6.45, 7) is 2.06. The average molecular weight is 259 g/mol.